The fourth-order valence-electron chi connectivity index (χ4n) is 1.65. The summed E-state index contributed by atoms with van der Waals surface area (Å²) in [5.74, 6) is 0.348. The lowest BCUT2D eigenvalue weighted by Gasteiger charge is -1.93. The number of aromatic nitrogens is 1. The third kappa shape index (κ3) is 4.08. The van der Waals surface area contributed by atoms with Gasteiger partial charge >= 0.3 is 11.9 Å². The number of nitrogens with zero attached hydrogens (tertiary/aromatic N) is 1. The minimum absolute atomic E-state index is 0.0800. The number of carbonyl (C=O) groups is 2. The van der Waals surface area contributed by atoms with Gasteiger partial charge in [-0.2, -0.15) is 0 Å². The van der Waals surface area contributed by atoms with Gasteiger partial charge in [0.05, 0.1) is 25.0 Å². The van der Waals surface area contributed by atoms with Crippen molar-refractivity contribution in [1.82, 2.24) is 4.98 Å². The van der Waals surface area contributed by atoms with E-state index in [1.807, 2.05) is 0 Å². The quantitative estimate of drug-likeness (QED) is 0.644. The normalized spacial score (nSPS) is 10.6. The van der Waals surface area contributed by atoms with Crippen LogP contribution in [0.2, 0.25) is 0 Å². The zero-order chi connectivity index (χ0) is 15.4. The van der Waals surface area contributed by atoms with E-state index in [0.717, 1.165) is 4.34 Å². The Bertz CT molecular complexity index is 661. The first-order chi connectivity index (χ1) is 9.99. The highest BCUT2D eigenvalue weighted by atomic mass is 32.2. The largest absolute Gasteiger partial charge is 0.481 e. The van der Waals surface area contributed by atoms with Gasteiger partial charge in [0.2, 0.25) is 0 Å². The molecule has 0 unspecified atom stereocenters. The topological polar surface area (TPSA) is 89.6 Å². The molecule has 0 aliphatic heterocycles. The first-order valence-corrected chi connectivity index (χ1v) is 7.82. The molecule has 2 rings (SSSR count). The van der Waals surface area contributed by atoms with Crippen LogP contribution in [0.5, 0.6) is 0 Å². The molecule has 0 fully saturated rings. The van der Waals surface area contributed by atoms with Crippen LogP contribution in [0.3, 0.4) is 0 Å². The molecule has 112 valence electrons. The van der Waals surface area contributed by atoms with Crippen LogP contribution >= 0.6 is 23.1 Å². The molecule has 6 nitrogen and oxygen atoms in total. The standard InChI is InChI=1S/C13H13NO5S2/c1-7-10(12(17)18-2)4-9(19-7)6-21-13-14-8(5-20-13)3-11(15)16/h4-5H,3,6H2,1-2H3,(H,15,16). The second kappa shape index (κ2) is 6.77. The fourth-order valence-corrected chi connectivity index (χ4v) is 3.38. The number of thioether (sulfide) groups is 1. The van der Waals surface area contributed by atoms with Crippen LogP contribution in [-0.4, -0.2) is 29.1 Å². The van der Waals surface area contributed by atoms with E-state index in [1.54, 1.807) is 18.4 Å². The van der Waals surface area contributed by atoms with Gasteiger partial charge in [0.15, 0.2) is 4.34 Å². The van der Waals surface area contributed by atoms with Crippen molar-refractivity contribution in [1.29, 1.82) is 0 Å². The molecule has 21 heavy (non-hydrogen) atoms. The molecule has 0 saturated carbocycles. The number of hydrogen-bond donors (Lipinski definition) is 1. The summed E-state index contributed by atoms with van der Waals surface area (Å²) >= 11 is 2.82. The summed E-state index contributed by atoms with van der Waals surface area (Å²) in [6.45, 7) is 1.70. The number of carboxylic acids is 1. The molecule has 0 spiro atoms. The summed E-state index contributed by atoms with van der Waals surface area (Å²) in [7, 11) is 1.32. The van der Waals surface area contributed by atoms with Gasteiger partial charge in [-0.05, 0) is 13.0 Å². The molecular weight excluding hydrogens is 314 g/mol. The Morgan fingerprint density at radius 1 is 1.52 bits per heavy atom. The zero-order valence-electron chi connectivity index (χ0n) is 11.4. The smallest absolute Gasteiger partial charge is 0.341 e. The maximum absolute atomic E-state index is 11.5. The van der Waals surface area contributed by atoms with Crippen molar-refractivity contribution in [2.75, 3.05) is 7.11 Å². The number of aliphatic carboxylic acids is 1. The summed E-state index contributed by atoms with van der Waals surface area (Å²) in [6.07, 6.45) is -0.0800. The number of carbonyl (C=O) groups excluding carboxylic acids is 1. The van der Waals surface area contributed by atoms with Gasteiger partial charge in [-0.3, -0.25) is 4.79 Å². The molecule has 2 heterocycles. The average molecular weight is 327 g/mol. The Labute approximate surface area is 129 Å². The molecule has 2 aromatic rings. The van der Waals surface area contributed by atoms with Crippen LogP contribution < -0.4 is 0 Å². The van der Waals surface area contributed by atoms with E-state index in [1.165, 1.54) is 30.2 Å². The lowest BCUT2D eigenvalue weighted by molar-refractivity contribution is -0.136. The lowest BCUT2D eigenvalue weighted by Crippen LogP contribution is -2.00. The van der Waals surface area contributed by atoms with E-state index in [4.69, 9.17) is 9.52 Å². The molecule has 2 aromatic heterocycles. The SMILES string of the molecule is COC(=O)c1cc(CSc2nc(CC(=O)O)cs2)oc1C. The molecule has 8 heteroatoms. The van der Waals surface area contributed by atoms with Crippen LogP contribution in [0.15, 0.2) is 20.2 Å². The van der Waals surface area contributed by atoms with Crippen molar-refractivity contribution in [3.8, 4) is 0 Å². The minimum Gasteiger partial charge on any atom is -0.481 e. The molecule has 0 radical (unpaired) electrons. The van der Waals surface area contributed by atoms with Gasteiger partial charge in [-0.25, -0.2) is 9.78 Å². The molecule has 0 aliphatic rings. The Kier molecular flexibility index (Phi) is 5.03. The Morgan fingerprint density at radius 2 is 2.29 bits per heavy atom. The van der Waals surface area contributed by atoms with E-state index in [9.17, 15) is 9.59 Å². The number of thiazole rings is 1. The number of aryl methyl sites for hydroxylation is 1. The van der Waals surface area contributed by atoms with Crippen molar-refractivity contribution < 1.29 is 23.8 Å². The van der Waals surface area contributed by atoms with Crippen molar-refractivity contribution in [3.63, 3.8) is 0 Å². The van der Waals surface area contributed by atoms with Crippen molar-refractivity contribution in [3.05, 3.63) is 34.2 Å². The first kappa shape index (κ1) is 15.6. The molecule has 0 aromatic carbocycles. The second-order valence-electron chi connectivity index (χ2n) is 4.14. The van der Waals surface area contributed by atoms with E-state index in [2.05, 4.69) is 9.72 Å². The molecule has 0 atom stereocenters. The fraction of sp³-hybridized carbons (Fsp3) is 0.308. The summed E-state index contributed by atoms with van der Waals surface area (Å²) in [5, 5.41) is 10.4. The van der Waals surface area contributed by atoms with Crippen LogP contribution in [0, 0.1) is 6.92 Å². The Balaban J connectivity index is 1.98. The van der Waals surface area contributed by atoms with Crippen molar-refractivity contribution in [2.24, 2.45) is 0 Å². The van der Waals surface area contributed by atoms with Gasteiger partial charge in [0.1, 0.15) is 17.1 Å². The monoisotopic (exact) mass is 327 g/mol. The number of hydrogen-bond acceptors (Lipinski definition) is 7. The Hall–Kier alpha value is -1.80. The van der Waals surface area contributed by atoms with E-state index < -0.39 is 11.9 Å². The number of ether oxygens (including phenoxy) is 1. The first-order valence-electron chi connectivity index (χ1n) is 5.96. The zero-order valence-corrected chi connectivity index (χ0v) is 13.0. The number of furan rings is 1. The van der Waals surface area contributed by atoms with Gasteiger partial charge in [-0.1, -0.05) is 11.8 Å². The number of esters is 1. The third-order valence-electron chi connectivity index (χ3n) is 2.58. The molecule has 0 amide bonds. The summed E-state index contributed by atoms with van der Waals surface area (Å²) in [6, 6.07) is 1.65. The number of carboxylic acid groups (broad SMARTS) is 1. The van der Waals surface area contributed by atoms with Gasteiger partial charge in [0, 0.05) is 5.38 Å². The van der Waals surface area contributed by atoms with Crippen molar-refractivity contribution >= 4 is 35.0 Å². The molecule has 1 N–H and O–H groups in total. The Morgan fingerprint density at radius 3 is 2.95 bits per heavy atom. The molecule has 0 aliphatic carbocycles. The minimum atomic E-state index is -0.902. The lowest BCUT2D eigenvalue weighted by atomic mass is 10.2. The molecule has 0 bridgehead atoms. The number of rotatable bonds is 6. The maximum Gasteiger partial charge on any atom is 0.341 e. The van der Waals surface area contributed by atoms with Gasteiger partial charge < -0.3 is 14.3 Å². The highest BCUT2D eigenvalue weighted by Crippen LogP contribution is 2.28. The highest BCUT2D eigenvalue weighted by Gasteiger charge is 2.16. The van der Waals surface area contributed by atoms with Crippen LogP contribution in [0.1, 0.15) is 27.6 Å². The van der Waals surface area contributed by atoms with Gasteiger partial charge in [0.25, 0.3) is 0 Å². The third-order valence-corrected chi connectivity index (χ3v) is 4.67. The van der Waals surface area contributed by atoms with E-state index in [0.29, 0.717) is 28.5 Å². The number of methoxy groups -OCH3 is 1. The van der Waals surface area contributed by atoms with E-state index >= 15 is 0 Å². The predicted octanol–water partition coefficient (Wildman–Crippen LogP) is 2.75. The second-order valence-corrected chi connectivity index (χ2v) is 6.22. The highest BCUT2D eigenvalue weighted by molar-refractivity contribution is 8.00. The molecular formula is C13H13NO5S2. The van der Waals surface area contributed by atoms with Crippen molar-refractivity contribution in [2.45, 2.75) is 23.4 Å². The van der Waals surface area contributed by atoms with Gasteiger partial charge in [-0.15, -0.1) is 11.3 Å². The van der Waals surface area contributed by atoms with Crippen LogP contribution in [-0.2, 0) is 21.7 Å². The summed E-state index contributed by atoms with van der Waals surface area (Å²) < 4.78 is 10.9. The predicted molar refractivity (Wildman–Crippen MR) is 77.8 cm³/mol. The summed E-state index contributed by atoms with van der Waals surface area (Å²) in [4.78, 5) is 26.3. The maximum atomic E-state index is 11.5. The summed E-state index contributed by atoms with van der Waals surface area (Å²) in [5.41, 5.74) is 0.958. The van der Waals surface area contributed by atoms with Crippen LogP contribution in [0.25, 0.3) is 0 Å². The average Bonchev–Trinajstić information content (AvgIpc) is 3.01. The molecule has 0 saturated heterocycles. The van der Waals surface area contributed by atoms with E-state index in [-0.39, 0.29) is 6.42 Å². The van der Waals surface area contributed by atoms with Crippen LogP contribution in [0.4, 0.5) is 0 Å².